The summed E-state index contributed by atoms with van der Waals surface area (Å²) in [5, 5.41) is 0. The molecule has 4 rings (SSSR count). The van der Waals surface area contributed by atoms with Crippen molar-refractivity contribution < 1.29 is 4.74 Å². The van der Waals surface area contributed by atoms with E-state index in [1.165, 1.54) is 0 Å². The molecule has 6 heteroatoms. The Bertz CT molecular complexity index is 975. The van der Waals surface area contributed by atoms with E-state index in [-0.39, 0.29) is 0 Å². The molecule has 116 valence electrons. The van der Waals surface area contributed by atoms with Crippen molar-refractivity contribution >= 4 is 43.8 Å². The summed E-state index contributed by atoms with van der Waals surface area (Å²) in [5.41, 5.74) is 9.62. The maximum atomic E-state index is 5.74. The maximum Gasteiger partial charge on any atom is 0.195 e. The van der Waals surface area contributed by atoms with Gasteiger partial charge in [0.2, 0.25) is 0 Å². The van der Waals surface area contributed by atoms with Gasteiger partial charge in [-0.15, -0.1) is 11.6 Å². The molecule has 2 aromatic carbocycles. The van der Waals surface area contributed by atoms with Gasteiger partial charge in [-0.1, -0.05) is 23.5 Å². The average molecular weight is 344 g/mol. The quantitative estimate of drug-likeness (QED) is 0.441. The van der Waals surface area contributed by atoms with E-state index in [2.05, 4.69) is 16.7 Å². The standard InChI is InChI=1S/C17H14ClN3OS/c18-7-8-22-13-5-6-15-16(9-13)23-17-20-14(10-21(15)17)11-1-3-12(19)4-2-11/h1-6,9-10H,7-8,19H2. The number of aromatic nitrogens is 2. The Kier molecular flexibility index (Phi) is 3.59. The lowest BCUT2D eigenvalue weighted by Crippen LogP contribution is -1.97. The predicted molar refractivity (Wildman–Crippen MR) is 96.6 cm³/mol. The molecule has 2 N–H and O–H groups in total. The third-order valence-electron chi connectivity index (χ3n) is 3.62. The molecular weight excluding hydrogens is 330 g/mol. The highest BCUT2D eigenvalue weighted by atomic mass is 35.5. The largest absolute Gasteiger partial charge is 0.492 e. The molecule has 23 heavy (non-hydrogen) atoms. The number of nitrogen functional groups attached to an aromatic ring is 1. The van der Waals surface area contributed by atoms with Gasteiger partial charge < -0.3 is 10.5 Å². The number of anilines is 1. The lowest BCUT2D eigenvalue weighted by molar-refractivity contribution is 0.343. The highest BCUT2D eigenvalue weighted by molar-refractivity contribution is 7.23. The number of imidazole rings is 1. The van der Waals surface area contributed by atoms with E-state index in [9.17, 15) is 0 Å². The van der Waals surface area contributed by atoms with Crippen LogP contribution in [0, 0.1) is 0 Å². The summed E-state index contributed by atoms with van der Waals surface area (Å²) in [5.74, 6) is 1.32. The van der Waals surface area contributed by atoms with Gasteiger partial charge in [0.25, 0.3) is 0 Å². The highest BCUT2D eigenvalue weighted by Gasteiger charge is 2.11. The molecule has 4 nitrogen and oxygen atoms in total. The van der Waals surface area contributed by atoms with Crippen molar-refractivity contribution in [3.05, 3.63) is 48.7 Å². The zero-order valence-electron chi connectivity index (χ0n) is 12.2. The number of halogens is 1. The van der Waals surface area contributed by atoms with E-state index in [0.29, 0.717) is 12.5 Å². The minimum Gasteiger partial charge on any atom is -0.492 e. The summed E-state index contributed by atoms with van der Waals surface area (Å²) in [6.07, 6.45) is 2.05. The van der Waals surface area contributed by atoms with Gasteiger partial charge in [-0.05, 0) is 30.3 Å². The van der Waals surface area contributed by atoms with Crippen molar-refractivity contribution in [2.75, 3.05) is 18.2 Å². The molecule has 2 aromatic heterocycles. The van der Waals surface area contributed by atoms with Gasteiger partial charge in [-0.3, -0.25) is 4.40 Å². The van der Waals surface area contributed by atoms with Crippen LogP contribution in [0.3, 0.4) is 0 Å². The molecular formula is C17H14ClN3OS. The van der Waals surface area contributed by atoms with Crippen LogP contribution in [0.1, 0.15) is 0 Å². The number of rotatable bonds is 4. The minimum atomic E-state index is 0.483. The van der Waals surface area contributed by atoms with E-state index in [1.807, 2.05) is 36.4 Å². The van der Waals surface area contributed by atoms with Crippen molar-refractivity contribution in [3.63, 3.8) is 0 Å². The van der Waals surface area contributed by atoms with Gasteiger partial charge in [-0.25, -0.2) is 4.98 Å². The monoisotopic (exact) mass is 343 g/mol. The van der Waals surface area contributed by atoms with Crippen LogP contribution in [-0.2, 0) is 0 Å². The van der Waals surface area contributed by atoms with E-state index >= 15 is 0 Å². The van der Waals surface area contributed by atoms with Crippen LogP contribution in [0.15, 0.2) is 48.7 Å². The van der Waals surface area contributed by atoms with Crippen LogP contribution in [0.25, 0.3) is 26.4 Å². The second kappa shape index (κ2) is 5.76. The number of hydrogen-bond acceptors (Lipinski definition) is 4. The maximum absolute atomic E-state index is 5.74. The van der Waals surface area contributed by atoms with Crippen molar-refractivity contribution in [1.82, 2.24) is 9.38 Å². The fraction of sp³-hybridized carbons (Fsp3) is 0.118. The molecule has 0 atom stereocenters. The van der Waals surface area contributed by atoms with E-state index in [0.717, 1.165) is 37.9 Å². The average Bonchev–Trinajstić information content (AvgIpc) is 3.10. The Hall–Kier alpha value is -2.24. The zero-order chi connectivity index (χ0) is 15.8. The number of alkyl halides is 1. The Morgan fingerprint density at radius 2 is 2.00 bits per heavy atom. The Labute approximate surface area is 142 Å². The summed E-state index contributed by atoms with van der Waals surface area (Å²) >= 11 is 7.30. The second-order valence-electron chi connectivity index (χ2n) is 5.17. The van der Waals surface area contributed by atoms with Gasteiger partial charge in [0.15, 0.2) is 4.96 Å². The predicted octanol–water partition coefficient (Wildman–Crippen LogP) is 4.42. The first-order valence-corrected chi connectivity index (χ1v) is 8.56. The number of benzene rings is 2. The van der Waals surface area contributed by atoms with E-state index < -0.39 is 0 Å². The van der Waals surface area contributed by atoms with E-state index in [4.69, 9.17) is 27.1 Å². The minimum absolute atomic E-state index is 0.483. The summed E-state index contributed by atoms with van der Waals surface area (Å²) in [4.78, 5) is 5.68. The van der Waals surface area contributed by atoms with Gasteiger partial charge in [0.05, 0.1) is 21.8 Å². The smallest absolute Gasteiger partial charge is 0.195 e. The van der Waals surface area contributed by atoms with Crippen molar-refractivity contribution in [1.29, 1.82) is 0 Å². The van der Waals surface area contributed by atoms with Crippen LogP contribution in [0.4, 0.5) is 5.69 Å². The number of hydrogen-bond donors (Lipinski definition) is 1. The zero-order valence-corrected chi connectivity index (χ0v) is 13.8. The van der Waals surface area contributed by atoms with Gasteiger partial charge in [-0.2, -0.15) is 0 Å². The fourth-order valence-corrected chi connectivity index (χ4v) is 3.63. The summed E-state index contributed by atoms with van der Waals surface area (Å²) < 4.78 is 8.82. The molecule has 0 aliphatic carbocycles. The van der Waals surface area contributed by atoms with Gasteiger partial charge >= 0.3 is 0 Å². The first-order chi connectivity index (χ1) is 11.2. The summed E-state index contributed by atoms with van der Waals surface area (Å²) in [6.45, 7) is 0.511. The normalized spacial score (nSPS) is 11.3. The molecule has 0 aliphatic heterocycles. The summed E-state index contributed by atoms with van der Waals surface area (Å²) in [6, 6.07) is 13.8. The van der Waals surface area contributed by atoms with Crippen LogP contribution in [0.5, 0.6) is 5.75 Å². The van der Waals surface area contributed by atoms with Crippen LogP contribution < -0.4 is 10.5 Å². The number of nitrogens with two attached hydrogens (primary N) is 1. The number of nitrogens with zero attached hydrogens (tertiary/aromatic N) is 2. The second-order valence-corrected chi connectivity index (χ2v) is 6.56. The lowest BCUT2D eigenvalue weighted by Gasteiger charge is -2.03. The summed E-state index contributed by atoms with van der Waals surface area (Å²) in [7, 11) is 0. The Balaban J connectivity index is 1.76. The molecule has 0 saturated carbocycles. The third-order valence-corrected chi connectivity index (χ3v) is 4.79. The molecule has 2 heterocycles. The molecule has 0 aliphatic rings. The molecule has 0 unspecified atom stereocenters. The van der Waals surface area contributed by atoms with Crippen LogP contribution >= 0.6 is 22.9 Å². The van der Waals surface area contributed by atoms with Gasteiger partial charge in [0, 0.05) is 17.4 Å². The molecule has 4 aromatic rings. The first-order valence-electron chi connectivity index (χ1n) is 7.21. The van der Waals surface area contributed by atoms with Crippen LogP contribution in [0.2, 0.25) is 0 Å². The molecule has 0 amide bonds. The van der Waals surface area contributed by atoms with Crippen molar-refractivity contribution in [2.24, 2.45) is 0 Å². The number of thiazole rings is 1. The number of ether oxygens (including phenoxy) is 1. The van der Waals surface area contributed by atoms with Crippen LogP contribution in [-0.4, -0.2) is 21.9 Å². The number of fused-ring (bicyclic) bond motifs is 3. The SMILES string of the molecule is Nc1ccc(-c2cn3c(n2)sc2cc(OCCCl)ccc23)cc1. The molecule has 0 saturated heterocycles. The Morgan fingerprint density at radius 3 is 2.78 bits per heavy atom. The first kappa shape index (κ1) is 14.4. The molecule has 0 fully saturated rings. The molecule has 0 bridgehead atoms. The Morgan fingerprint density at radius 1 is 1.17 bits per heavy atom. The highest BCUT2D eigenvalue weighted by Crippen LogP contribution is 2.32. The van der Waals surface area contributed by atoms with Crippen molar-refractivity contribution in [2.45, 2.75) is 0 Å². The van der Waals surface area contributed by atoms with E-state index in [1.54, 1.807) is 11.3 Å². The van der Waals surface area contributed by atoms with Gasteiger partial charge in [0.1, 0.15) is 12.4 Å². The fourth-order valence-electron chi connectivity index (χ4n) is 2.52. The third kappa shape index (κ3) is 2.62. The molecule has 0 radical (unpaired) electrons. The topological polar surface area (TPSA) is 52.5 Å². The van der Waals surface area contributed by atoms with Crippen molar-refractivity contribution in [3.8, 4) is 17.0 Å². The molecule has 0 spiro atoms. The lowest BCUT2D eigenvalue weighted by atomic mass is 10.1.